The molecule has 0 radical (unpaired) electrons. The van der Waals surface area contributed by atoms with Gasteiger partial charge in [-0.05, 0) is 61.2 Å². The van der Waals surface area contributed by atoms with Crippen LogP contribution in [0.15, 0.2) is 18.2 Å². The summed E-state index contributed by atoms with van der Waals surface area (Å²) < 4.78 is 15.3. The fourth-order valence-corrected chi connectivity index (χ4v) is 3.04. The number of anilines is 1. The number of carbonyl (C=O) groups excluding carboxylic acids is 1. The number of halogens is 1. The maximum Gasteiger partial charge on any atom is 0.319 e. The molecule has 10 heteroatoms. The smallest absolute Gasteiger partial charge is 0.319 e. The highest BCUT2D eigenvalue weighted by molar-refractivity contribution is 5.89. The second-order valence-electron chi connectivity index (χ2n) is 6.29. The third-order valence-electron chi connectivity index (χ3n) is 4.47. The minimum Gasteiger partial charge on any atom is -0.481 e. The van der Waals surface area contributed by atoms with Crippen LogP contribution in [0.1, 0.15) is 31.5 Å². The second kappa shape index (κ2) is 7.46. The van der Waals surface area contributed by atoms with Crippen LogP contribution in [-0.4, -0.2) is 43.4 Å². The normalized spacial score (nSPS) is 19.8. The molecular weight excluding hydrogens is 343 g/mol. The quantitative estimate of drug-likeness (QED) is 0.763. The minimum absolute atomic E-state index is 0.0766. The number of nitrogens with one attached hydrogen (secondary N) is 2. The van der Waals surface area contributed by atoms with E-state index in [9.17, 15) is 14.0 Å². The van der Waals surface area contributed by atoms with Gasteiger partial charge in [-0.1, -0.05) is 0 Å². The molecule has 0 atom stereocenters. The van der Waals surface area contributed by atoms with Crippen molar-refractivity contribution in [2.45, 2.75) is 38.6 Å². The summed E-state index contributed by atoms with van der Waals surface area (Å²) in [7, 11) is 0. The van der Waals surface area contributed by atoms with Crippen LogP contribution in [-0.2, 0) is 4.79 Å². The predicted octanol–water partition coefficient (Wildman–Crippen LogP) is 1.87. The van der Waals surface area contributed by atoms with E-state index in [0.29, 0.717) is 37.2 Å². The molecule has 0 saturated heterocycles. The van der Waals surface area contributed by atoms with E-state index < -0.39 is 17.8 Å². The van der Waals surface area contributed by atoms with E-state index >= 15 is 0 Å². The SMILES string of the molecule is Cc1nnnn1-c1cc(NC(=O)NC2CCC(C(=O)O)CC2)ccc1F. The number of hydrogen-bond donors (Lipinski definition) is 3. The van der Waals surface area contributed by atoms with Crippen molar-refractivity contribution in [2.75, 3.05) is 5.32 Å². The molecule has 2 amide bonds. The van der Waals surface area contributed by atoms with Gasteiger partial charge in [-0.2, -0.15) is 4.68 Å². The fraction of sp³-hybridized carbons (Fsp3) is 0.438. The van der Waals surface area contributed by atoms with Crippen LogP contribution in [0.4, 0.5) is 14.9 Å². The Bertz CT molecular complexity index is 816. The largest absolute Gasteiger partial charge is 0.481 e. The molecule has 0 unspecified atom stereocenters. The first kappa shape index (κ1) is 17.8. The standard InChI is InChI=1S/C16H19FN6O3/c1-9-20-21-22-23(9)14-8-12(6-7-13(14)17)19-16(26)18-11-4-2-10(3-5-11)15(24)25/h6-8,10-11H,2-5H2,1H3,(H,24,25)(H2,18,19,26). The van der Waals surface area contributed by atoms with Crippen LogP contribution in [0.2, 0.25) is 0 Å². The third kappa shape index (κ3) is 3.95. The molecule has 1 aromatic carbocycles. The van der Waals surface area contributed by atoms with Crippen LogP contribution >= 0.6 is 0 Å². The molecule has 0 spiro atoms. The number of carbonyl (C=O) groups is 2. The summed E-state index contributed by atoms with van der Waals surface area (Å²) in [5.74, 6) is -1.22. The Labute approximate surface area is 148 Å². The highest BCUT2D eigenvalue weighted by atomic mass is 19.1. The van der Waals surface area contributed by atoms with Crippen LogP contribution in [0, 0.1) is 18.7 Å². The van der Waals surface area contributed by atoms with E-state index in [-0.39, 0.29) is 17.6 Å². The molecule has 26 heavy (non-hydrogen) atoms. The van der Waals surface area contributed by atoms with E-state index in [1.165, 1.54) is 22.9 Å². The molecule has 1 saturated carbocycles. The van der Waals surface area contributed by atoms with Gasteiger partial charge in [0.1, 0.15) is 11.5 Å². The average Bonchev–Trinajstić information content (AvgIpc) is 3.03. The van der Waals surface area contributed by atoms with Crippen LogP contribution < -0.4 is 10.6 Å². The molecule has 1 aromatic heterocycles. The van der Waals surface area contributed by atoms with E-state index in [1.54, 1.807) is 6.92 Å². The number of aromatic nitrogens is 4. The van der Waals surface area contributed by atoms with Crippen molar-refractivity contribution in [1.29, 1.82) is 0 Å². The van der Waals surface area contributed by atoms with Gasteiger partial charge in [0.05, 0.1) is 5.92 Å². The number of nitrogens with zero attached hydrogens (tertiary/aromatic N) is 4. The summed E-state index contributed by atoms with van der Waals surface area (Å²) in [5, 5.41) is 25.4. The first-order chi connectivity index (χ1) is 12.4. The Balaban J connectivity index is 1.62. The summed E-state index contributed by atoms with van der Waals surface area (Å²) in [5.41, 5.74) is 0.528. The average molecular weight is 362 g/mol. The molecule has 1 heterocycles. The molecular formula is C16H19FN6O3. The first-order valence-electron chi connectivity index (χ1n) is 8.29. The lowest BCUT2D eigenvalue weighted by Gasteiger charge is -2.26. The van der Waals surface area contributed by atoms with E-state index in [0.717, 1.165) is 0 Å². The number of benzene rings is 1. The molecule has 1 aliphatic rings. The molecule has 1 fully saturated rings. The zero-order valence-corrected chi connectivity index (χ0v) is 14.1. The number of aliphatic carboxylic acids is 1. The Kier molecular flexibility index (Phi) is 5.10. The lowest BCUT2D eigenvalue weighted by molar-refractivity contribution is -0.142. The van der Waals surface area contributed by atoms with Crippen molar-refractivity contribution in [1.82, 2.24) is 25.5 Å². The number of urea groups is 1. The summed E-state index contributed by atoms with van der Waals surface area (Å²) >= 11 is 0. The number of carboxylic acid groups (broad SMARTS) is 1. The lowest BCUT2D eigenvalue weighted by Crippen LogP contribution is -2.41. The maximum atomic E-state index is 14.0. The molecule has 3 rings (SSSR count). The first-order valence-corrected chi connectivity index (χ1v) is 8.29. The highest BCUT2D eigenvalue weighted by Gasteiger charge is 2.26. The number of aryl methyl sites for hydroxylation is 1. The van der Waals surface area contributed by atoms with Crippen molar-refractivity contribution >= 4 is 17.7 Å². The summed E-state index contributed by atoms with van der Waals surface area (Å²) in [6, 6.07) is 3.62. The Morgan fingerprint density at radius 1 is 1.27 bits per heavy atom. The van der Waals surface area contributed by atoms with Gasteiger partial charge >= 0.3 is 12.0 Å². The fourth-order valence-electron chi connectivity index (χ4n) is 3.04. The van der Waals surface area contributed by atoms with Gasteiger partial charge in [-0.25, -0.2) is 9.18 Å². The summed E-state index contributed by atoms with van der Waals surface area (Å²) in [6.07, 6.45) is 2.31. The minimum atomic E-state index is -0.787. The maximum absolute atomic E-state index is 14.0. The van der Waals surface area contributed by atoms with Gasteiger partial charge < -0.3 is 15.7 Å². The van der Waals surface area contributed by atoms with Gasteiger partial charge in [0, 0.05) is 11.7 Å². The van der Waals surface area contributed by atoms with Gasteiger partial charge in [0.15, 0.2) is 5.82 Å². The molecule has 2 aromatic rings. The highest BCUT2D eigenvalue weighted by Crippen LogP contribution is 2.24. The Hall–Kier alpha value is -3.04. The predicted molar refractivity (Wildman–Crippen MR) is 89.4 cm³/mol. The van der Waals surface area contributed by atoms with Crippen LogP contribution in [0.25, 0.3) is 5.69 Å². The topological polar surface area (TPSA) is 122 Å². The molecule has 3 N–H and O–H groups in total. The van der Waals surface area contributed by atoms with Crippen molar-refractivity contribution < 1.29 is 19.1 Å². The van der Waals surface area contributed by atoms with Gasteiger partial charge in [-0.15, -0.1) is 5.10 Å². The molecule has 9 nitrogen and oxygen atoms in total. The Morgan fingerprint density at radius 3 is 2.62 bits per heavy atom. The van der Waals surface area contributed by atoms with Gasteiger partial charge in [-0.3, -0.25) is 4.79 Å². The van der Waals surface area contributed by atoms with Crippen molar-refractivity contribution in [3.63, 3.8) is 0 Å². The van der Waals surface area contributed by atoms with Crippen molar-refractivity contribution in [3.8, 4) is 5.69 Å². The molecule has 0 aliphatic heterocycles. The van der Waals surface area contributed by atoms with Crippen molar-refractivity contribution in [3.05, 3.63) is 29.8 Å². The molecule has 1 aliphatic carbocycles. The number of amides is 2. The summed E-state index contributed by atoms with van der Waals surface area (Å²) in [4.78, 5) is 23.1. The third-order valence-corrected chi connectivity index (χ3v) is 4.47. The number of carboxylic acids is 1. The van der Waals surface area contributed by atoms with E-state index in [2.05, 4.69) is 26.2 Å². The summed E-state index contributed by atoms with van der Waals surface area (Å²) in [6.45, 7) is 1.64. The zero-order chi connectivity index (χ0) is 18.7. The molecule has 138 valence electrons. The van der Waals surface area contributed by atoms with Gasteiger partial charge in [0.25, 0.3) is 0 Å². The second-order valence-corrected chi connectivity index (χ2v) is 6.29. The monoisotopic (exact) mass is 362 g/mol. The van der Waals surface area contributed by atoms with Gasteiger partial charge in [0.2, 0.25) is 0 Å². The van der Waals surface area contributed by atoms with E-state index in [1.807, 2.05) is 0 Å². The van der Waals surface area contributed by atoms with Crippen LogP contribution in [0.5, 0.6) is 0 Å². The number of hydrogen-bond acceptors (Lipinski definition) is 5. The van der Waals surface area contributed by atoms with Crippen molar-refractivity contribution in [2.24, 2.45) is 5.92 Å². The molecule has 0 bridgehead atoms. The zero-order valence-electron chi connectivity index (χ0n) is 14.1. The number of rotatable bonds is 4. The number of tetrazole rings is 1. The van der Waals surface area contributed by atoms with E-state index in [4.69, 9.17) is 5.11 Å². The Morgan fingerprint density at radius 2 is 2.00 bits per heavy atom. The van der Waals surface area contributed by atoms with Crippen LogP contribution in [0.3, 0.4) is 0 Å². The lowest BCUT2D eigenvalue weighted by atomic mass is 9.86.